The lowest BCUT2D eigenvalue weighted by atomic mass is 10.1. The Bertz CT molecular complexity index is 416. The first kappa shape index (κ1) is 16.3. The molecule has 1 N–H and O–H groups in total. The first-order valence-corrected chi connectivity index (χ1v) is 7.79. The van der Waals surface area contributed by atoms with Gasteiger partial charge in [0.15, 0.2) is 0 Å². The summed E-state index contributed by atoms with van der Waals surface area (Å²) in [5.74, 6) is 0.343. The van der Waals surface area contributed by atoms with Gasteiger partial charge in [0.25, 0.3) is 0 Å². The Morgan fingerprint density at radius 2 is 1.86 bits per heavy atom. The third-order valence-corrected chi connectivity index (χ3v) is 3.90. The van der Waals surface area contributed by atoms with E-state index in [1.54, 1.807) is 6.07 Å². The van der Waals surface area contributed by atoms with E-state index in [4.69, 9.17) is 0 Å². The molecule has 0 aromatic carbocycles. The molecule has 0 amide bonds. The van der Waals surface area contributed by atoms with Gasteiger partial charge in [0, 0.05) is 39.3 Å². The average molecular weight is 295 g/mol. The molecule has 2 heterocycles. The Morgan fingerprint density at radius 3 is 2.43 bits per heavy atom. The number of hydrogen-bond acceptors (Lipinski definition) is 4. The zero-order valence-electron chi connectivity index (χ0n) is 13.0. The molecule has 1 unspecified atom stereocenters. The maximum atomic E-state index is 12.8. The fraction of sp³-hybridized carbons (Fsp3) is 0.688. The number of aliphatic hydroxyl groups excluding tert-OH is 1. The molecule has 2 rings (SSSR count). The highest BCUT2D eigenvalue weighted by Gasteiger charge is 2.18. The van der Waals surface area contributed by atoms with E-state index in [0.29, 0.717) is 18.0 Å². The number of rotatable bonds is 6. The standard InChI is InChI=1S/C16H26FN3O/c1-13(2)12-20-9-7-19(8-10-20)6-5-16(21)15-4-3-14(17)11-18-15/h3-4,11,13,16,21H,5-10,12H2,1-2H3. The Kier molecular flexibility index (Phi) is 6.08. The zero-order valence-corrected chi connectivity index (χ0v) is 13.0. The summed E-state index contributed by atoms with van der Waals surface area (Å²) < 4.78 is 12.8. The van der Waals surface area contributed by atoms with E-state index >= 15 is 0 Å². The normalized spacial score (nSPS) is 19.1. The van der Waals surface area contributed by atoms with Crippen LogP contribution >= 0.6 is 0 Å². The number of pyridine rings is 1. The lowest BCUT2D eigenvalue weighted by molar-refractivity contribution is 0.0957. The van der Waals surface area contributed by atoms with Crippen LogP contribution in [0.4, 0.5) is 4.39 Å². The molecule has 5 heteroatoms. The largest absolute Gasteiger partial charge is 0.387 e. The fourth-order valence-corrected chi connectivity index (χ4v) is 2.75. The van der Waals surface area contributed by atoms with Crippen LogP contribution in [-0.4, -0.2) is 59.2 Å². The van der Waals surface area contributed by atoms with Crippen LogP contribution in [0.5, 0.6) is 0 Å². The van der Waals surface area contributed by atoms with Crippen LogP contribution in [0.3, 0.4) is 0 Å². The maximum Gasteiger partial charge on any atom is 0.141 e. The van der Waals surface area contributed by atoms with E-state index < -0.39 is 6.10 Å². The predicted molar refractivity (Wildman–Crippen MR) is 81.5 cm³/mol. The van der Waals surface area contributed by atoms with Crippen LogP contribution < -0.4 is 0 Å². The van der Waals surface area contributed by atoms with E-state index in [1.807, 2.05) is 0 Å². The molecular formula is C16H26FN3O. The molecule has 0 spiro atoms. The molecule has 118 valence electrons. The summed E-state index contributed by atoms with van der Waals surface area (Å²) in [6.07, 6.45) is 1.19. The van der Waals surface area contributed by atoms with E-state index in [1.165, 1.54) is 6.07 Å². The van der Waals surface area contributed by atoms with Gasteiger partial charge in [0.05, 0.1) is 18.0 Å². The van der Waals surface area contributed by atoms with Gasteiger partial charge >= 0.3 is 0 Å². The molecule has 0 saturated carbocycles. The highest BCUT2D eigenvalue weighted by molar-refractivity contribution is 5.07. The number of piperazine rings is 1. The highest BCUT2D eigenvalue weighted by Crippen LogP contribution is 2.15. The smallest absolute Gasteiger partial charge is 0.141 e. The summed E-state index contributed by atoms with van der Waals surface area (Å²) in [5.41, 5.74) is 0.551. The van der Waals surface area contributed by atoms with Crippen molar-refractivity contribution >= 4 is 0 Å². The second-order valence-electron chi connectivity index (χ2n) is 6.24. The number of aliphatic hydroxyl groups is 1. The molecule has 0 aliphatic carbocycles. The molecule has 1 aromatic heterocycles. The van der Waals surface area contributed by atoms with Gasteiger partial charge in [-0.3, -0.25) is 4.98 Å². The van der Waals surface area contributed by atoms with Gasteiger partial charge in [-0.25, -0.2) is 4.39 Å². The van der Waals surface area contributed by atoms with Crippen molar-refractivity contribution in [1.29, 1.82) is 0 Å². The number of halogens is 1. The van der Waals surface area contributed by atoms with Crippen molar-refractivity contribution in [1.82, 2.24) is 14.8 Å². The average Bonchev–Trinajstić information content (AvgIpc) is 2.46. The maximum absolute atomic E-state index is 12.8. The first-order chi connectivity index (χ1) is 10.0. The Hall–Kier alpha value is -1.04. The van der Waals surface area contributed by atoms with Gasteiger partial charge in [-0.1, -0.05) is 13.8 Å². The summed E-state index contributed by atoms with van der Waals surface area (Å²) in [5, 5.41) is 10.1. The first-order valence-electron chi connectivity index (χ1n) is 7.79. The molecule has 0 radical (unpaired) electrons. The topological polar surface area (TPSA) is 39.6 Å². The minimum Gasteiger partial charge on any atom is -0.387 e. The third-order valence-electron chi connectivity index (χ3n) is 3.90. The molecule has 1 aromatic rings. The highest BCUT2D eigenvalue weighted by atomic mass is 19.1. The van der Waals surface area contributed by atoms with E-state index in [2.05, 4.69) is 28.6 Å². The molecule has 1 fully saturated rings. The lowest BCUT2D eigenvalue weighted by Crippen LogP contribution is -2.47. The second-order valence-corrected chi connectivity index (χ2v) is 6.24. The van der Waals surface area contributed by atoms with Crippen molar-refractivity contribution in [2.75, 3.05) is 39.3 Å². The minimum absolute atomic E-state index is 0.368. The summed E-state index contributed by atoms with van der Waals surface area (Å²) >= 11 is 0. The van der Waals surface area contributed by atoms with Crippen LogP contribution in [0.15, 0.2) is 18.3 Å². The van der Waals surface area contributed by atoms with Crippen molar-refractivity contribution in [2.24, 2.45) is 5.92 Å². The molecule has 1 saturated heterocycles. The number of hydrogen-bond donors (Lipinski definition) is 1. The monoisotopic (exact) mass is 295 g/mol. The van der Waals surface area contributed by atoms with Crippen molar-refractivity contribution in [2.45, 2.75) is 26.4 Å². The SMILES string of the molecule is CC(C)CN1CCN(CCC(O)c2ccc(F)cn2)CC1. The Morgan fingerprint density at radius 1 is 1.19 bits per heavy atom. The summed E-state index contributed by atoms with van der Waals surface area (Å²) in [4.78, 5) is 8.81. The molecule has 1 atom stereocenters. The molecule has 1 aliphatic heterocycles. The number of aromatic nitrogens is 1. The number of nitrogens with zero attached hydrogens (tertiary/aromatic N) is 3. The fourth-order valence-electron chi connectivity index (χ4n) is 2.75. The van der Waals surface area contributed by atoms with Gasteiger partial charge in [-0.05, 0) is 24.5 Å². The zero-order chi connectivity index (χ0) is 15.2. The summed E-state index contributed by atoms with van der Waals surface area (Å²) in [6, 6.07) is 2.90. The van der Waals surface area contributed by atoms with Crippen molar-refractivity contribution in [3.8, 4) is 0 Å². The van der Waals surface area contributed by atoms with Crippen molar-refractivity contribution in [3.05, 3.63) is 29.8 Å². The van der Waals surface area contributed by atoms with E-state index in [0.717, 1.165) is 45.5 Å². The van der Waals surface area contributed by atoms with Crippen molar-refractivity contribution < 1.29 is 9.50 Å². The van der Waals surface area contributed by atoms with Crippen LogP contribution in [0, 0.1) is 11.7 Å². The summed E-state index contributed by atoms with van der Waals surface area (Å²) in [6.45, 7) is 10.8. The van der Waals surface area contributed by atoms with Gasteiger partial charge in [0.1, 0.15) is 5.82 Å². The van der Waals surface area contributed by atoms with Gasteiger partial charge in [-0.2, -0.15) is 0 Å². The van der Waals surface area contributed by atoms with E-state index in [-0.39, 0.29) is 5.82 Å². The molecule has 1 aliphatic rings. The molecule has 0 bridgehead atoms. The van der Waals surface area contributed by atoms with Crippen molar-refractivity contribution in [3.63, 3.8) is 0 Å². The van der Waals surface area contributed by atoms with Crippen LogP contribution in [0.1, 0.15) is 32.1 Å². The van der Waals surface area contributed by atoms with Crippen LogP contribution in [0.25, 0.3) is 0 Å². The quantitative estimate of drug-likeness (QED) is 0.870. The van der Waals surface area contributed by atoms with Gasteiger partial charge < -0.3 is 14.9 Å². The summed E-state index contributed by atoms with van der Waals surface area (Å²) in [7, 11) is 0. The lowest BCUT2D eigenvalue weighted by Gasteiger charge is -2.35. The Balaban J connectivity index is 1.70. The van der Waals surface area contributed by atoms with Gasteiger partial charge in [-0.15, -0.1) is 0 Å². The molecular weight excluding hydrogens is 269 g/mol. The predicted octanol–water partition coefficient (Wildman–Crippen LogP) is 1.92. The third kappa shape index (κ3) is 5.34. The molecule has 21 heavy (non-hydrogen) atoms. The van der Waals surface area contributed by atoms with Gasteiger partial charge in [0.2, 0.25) is 0 Å². The molecule has 4 nitrogen and oxygen atoms in total. The van der Waals surface area contributed by atoms with E-state index in [9.17, 15) is 9.50 Å². The Labute approximate surface area is 126 Å². The van der Waals surface area contributed by atoms with Crippen LogP contribution in [-0.2, 0) is 0 Å². The van der Waals surface area contributed by atoms with Crippen LogP contribution in [0.2, 0.25) is 0 Å². The second kappa shape index (κ2) is 7.82. The minimum atomic E-state index is -0.612.